The molecule has 1 atom stereocenters. The first-order valence-corrected chi connectivity index (χ1v) is 7.94. The summed E-state index contributed by atoms with van der Waals surface area (Å²) in [5, 5.41) is 3.60. The maximum absolute atomic E-state index is 4.51. The van der Waals surface area contributed by atoms with Crippen molar-refractivity contribution in [1.82, 2.24) is 10.3 Å². The quantitative estimate of drug-likeness (QED) is 0.808. The number of hydrogen-bond donors (Lipinski definition) is 1. The summed E-state index contributed by atoms with van der Waals surface area (Å²) in [4.78, 5) is 4.51. The molecule has 0 aliphatic carbocycles. The summed E-state index contributed by atoms with van der Waals surface area (Å²) in [6.07, 6.45) is 2.90. The van der Waals surface area contributed by atoms with Crippen molar-refractivity contribution in [2.75, 3.05) is 13.1 Å². The Hall–Kier alpha value is -0.410. The van der Waals surface area contributed by atoms with Gasteiger partial charge in [-0.05, 0) is 58.3 Å². The van der Waals surface area contributed by atoms with Gasteiger partial charge in [0.05, 0.1) is 0 Å². The highest BCUT2D eigenvalue weighted by Crippen LogP contribution is 2.30. The number of nitrogens with one attached hydrogen (secondary N) is 1. The molecule has 0 bridgehead atoms. The Balaban J connectivity index is 2.67. The van der Waals surface area contributed by atoms with Crippen LogP contribution in [0.4, 0.5) is 0 Å². The molecule has 0 amide bonds. The molecule has 1 aromatic rings. The lowest BCUT2D eigenvalue weighted by Crippen LogP contribution is -2.39. The van der Waals surface area contributed by atoms with Crippen LogP contribution in [0.3, 0.4) is 0 Å². The zero-order valence-corrected chi connectivity index (χ0v) is 14.4. The first kappa shape index (κ1) is 16.6. The predicted octanol–water partition coefficient (Wildman–Crippen LogP) is 4.29. The lowest BCUT2D eigenvalue weighted by molar-refractivity contribution is 0.203. The Morgan fingerprint density at radius 2 is 1.95 bits per heavy atom. The summed E-state index contributed by atoms with van der Waals surface area (Å²) in [6.45, 7) is 13.6. The largest absolute Gasteiger partial charge is 0.316 e. The lowest BCUT2D eigenvalue weighted by Gasteiger charge is -2.34. The van der Waals surface area contributed by atoms with Crippen LogP contribution in [-0.2, 0) is 6.42 Å². The number of pyridine rings is 1. The maximum Gasteiger partial charge on any atom is 0.0413 e. The molecule has 0 aliphatic rings. The van der Waals surface area contributed by atoms with E-state index in [4.69, 9.17) is 0 Å². The Morgan fingerprint density at radius 1 is 1.26 bits per heavy atom. The molecular formula is C16H27BrN2. The van der Waals surface area contributed by atoms with Gasteiger partial charge in [0.25, 0.3) is 0 Å². The second-order valence-corrected chi connectivity index (χ2v) is 7.39. The summed E-state index contributed by atoms with van der Waals surface area (Å²) in [6, 6.07) is 4.19. The average Bonchev–Trinajstić information content (AvgIpc) is 2.31. The molecule has 0 radical (unpaired) electrons. The second-order valence-electron chi connectivity index (χ2n) is 6.48. The standard InChI is InChI=1S/C16H27BrN2/c1-12(2)9-18-11-16(5,13(3)4)8-15-7-6-14(17)10-19-15/h6-7,10,12-13,18H,8-9,11H2,1-5H3. The van der Waals surface area contributed by atoms with Crippen molar-refractivity contribution in [1.29, 1.82) is 0 Å². The fourth-order valence-electron chi connectivity index (χ4n) is 2.04. The van der Waals surface area contributed by atoms with Crippen LogP contribution >= 0.6 is 15.9 Å². The van der Waals surface area contributed by atoms with E-state index in [0.717, 1.165) is 24.0 Å². The second kappa shape index (κ2) is 7.39. The number of nitrogens with zero attached hydrogens (tertiary/aromatic N) is 1. The van der Waals surface area contributed by atoms with Crippen molar-refractivity contribution in [3.63, 3.8) is 0 Å². The van der Waals surface area contributed by atoms with E-state index in [-0.39, 0.29) is 5.41 Å². The molecule has 0 spiro atoms. The number of rotatable bonds is 7. The number of halogens is 1. The van der Waals surface area contributed by atoms with Gasteiger partial charge in [0.2, 0.25) is 0 Å². The van der Waals surface area contributed by atoms with Crippen LogP contribution in [0.25, 0.3) is 0 Å². The normalized spacial score (nSPS) is 14.9. The van der Waals surface area contributed by atoms with Gasteiger partial charge >= 0.3 is 0 Å². The van der Waals surface area contributed by atoms with Crippen LogP contribution in [0, 0.1) is 17.3 Å². The van der Waals surface area contributed by atoms with E-state index < -0.39 is 0 Å². The molecule has 19 heavy (non-hydrogen) atoms. The summed E-state index contributed by atoms with van der Waals surface area (Å²) in [5.74, 6) is 1.32. The van der Waals surface area contributed by atoms with Gasteiger partial charge < -0.3 is 5.32 Å². The molecule has 0 saturated carbocycles. The zero-order valence-electron chi connectivity index (χ0n) is 12.8. The lowest BCUT2D eigenvalue weighted by atomic mass is 9.75. The van der Waals surface area contributed by atoms with Crippen LogP contribution in [0.15, 0.2) is 22.8 Å². The minimum atomic E-state index is 0.246. The molecular weight excluding hydrogens is 300 g/mol. The van der Waals surface area contributed by atoms with E-state index in [2.05, 4.69) is 73.0 Å². The van der Waals surface area contributed by atoms with Crippen LogP contribution in [0.5, 0.6) is 0 Å². The fourth-order valence-corrected chi connectivity index (χ4v) is 2.28. The van der Waals surface area contributed by atoms with Crippen LogP contribution in [0.1, 0.15) is 40.3 Å². The summed E-state index contributed by atoms with van der Waals surface area (Å²) < 4.78 is 1.04. The molecule has 1 aromatic heterocycles. The Kier molecular flexibility index (Phi) is 6.48. The highest BCUT2D eigenvalue weighted by Gasteiger charge is 2.28. The van der Waals surface area contributed by atoms with Gasteiger partial charge in [-0.25, -0.2) is 0 Å². The van der Waals surface area contributed by atoms with Crippen LogP contribution in [0.2, 0.25) is 0 Å². The monoisotopic (exact) mass is 326 g/mol. The molecule has 1 N–H and O–H groups in total. The first-order chi connectivity index (χ1) is 8.83. The van der Waals surface area contributed by atoms with Gasteiger partial charge in [0.15, 0.2) is 0 Å². The smallest absolute Gasteiger partial charge is 0.0413 e. The van der Waals surface area contributed by atoms with Crippen molar-refractivity contribution in [2.24, 2.45) is 17.3 Å². The predicted molar refractivity (Wildman–Crippen MR) is 86.3 cm³/mol. The van der Waals surface area contributed by atoms with Crippen molar-refractivity contribution in [2.45, 2.75) is 41.0 Å². The van der Waals surface area contributed by atoms with Gasteiger partial charge in [-0.15, -0.1) is 0 Å². The minimum absolute atomic E-state index is 0.246. The first-order valence-electron chi connectivity index (χ1n) is 7.14. The molecule has 0 saturated heterocycles. The van der Waals surface area contributed by atoms with E-state index >= 15 is 0 Å². The molecule has 108 valence electrons. The van der Waals surface area contributed by atoms with Gasteiger partial charge in [-0.2, -0.15) is 0 Å². The highest BCUT2D eigenvalue weighted by molar-refractivity contribution is 9.10. The molecule has 1 heterocycles. The SMILES string of the molecule is CC(C)CNCC(C)(Cc1ccc(Br)cn1)C(C)C. The van der Waals surface area contributed by atoms with E-state index in [0.29, 0.717) is 11.8 Å². The van der Waals surface area contributed by atoms with Gasteiger partial charge in [0.1, 0.15) is 0 Å². The Labute approximate surface area is 126 Å². The Bertz CT molecular complexity index is 373. The topological polar surface area (TPSA) is 24.9 Å². The van der Waals surface area contributed by atoms with Gasteiger partial charge in [-0.3, -0.25) is 4.98 Å². The molecule has 0 fully saturated rings. The molecule has 3 heteroatoms. The van der Waals surface area contributed by atoms with E-state index in [9.17, 15) is 0 Å². The van der Waals surface area contributed by atoms with Crippen molar-refractivity contribution in [3.05, 3.63) is 28.5 Å². The van der Waals surface area contributed by atoms with Crippen LogP contribution in [-0.4, -0.2) is 18.1 Å². The van der Waals surface area contributed by atoms with E-state index in [1.807, 2.05) is 6.20 Å². The number of aromatic nitrogens is 1. The third kappa shape index (κ3) is 5.62. The van der Waals surface area contributed by atoms with Crippen molar-refractivity contribution < 1.29 is 0 Å². The molecule has 2 nitrogen and oxygen atoms in total. The van der Waals surface area contributed by atoms with Crippen LogP contribution < -0.4 is 5.32 Å². The maximum atomic E-state index is 4.51. The summed E-state index contributed by atoms with van der Waals surface area (Å²) in [5.41, 5.74) is 1.42. The third-order valence-corrected chi connectivity index (χ3v) is 4.32. The van der Waals surface area contributed by atoms with E-state index in [1.165, 1.54) is 5.69 Å². The highest BCUT2D eigenvalue weighted by atomic mass is 79.9. The summed E-state index contributed by atoms with van der Waals surface area (Å²) in [7, 11) is 0. The van der Waals surface area contributed by atoms with Gasteiger partial charge in [0, 0.05) is 22.9 Å². The molecule has 1 rings (SSSR count). The molecule has 0 aliphatic heterocycles. The molecule has 0 aromatic carbocycles. The fraction of sp³-hybridized carbons (Fsp3) is 0.688. The Morgan fingerprint density at radius 3 is 2.42 bits per heavy atom. The molecule has 1 unspecified atom stereocenters. The third-order valence-electron chi connectivity index (χ3n) is 3.85. The average molecular weight is 327 g/mol. The zero-order chi connectivity index (χ0) is 14.5. The van der Waals surface area contributed by atoms with E-state index in [1.54, 1.807) is 0 Å². The minimum Gasteiger partial charge on any atom is -0.316 e. The summed E-state index contributed by atoms with van der Waals surface area (Å²) >= 11 is 3.44. The van der Waals surface area contributed by atoms with Crippen molar-refractivity contribution >= 4 is 15.9 Å². The number of hydrogen-bond acceptors (Lipinski definition) is 2. The van der Waals surface area contributed by atoms with Crippen molar-refractivity contribution in [3.8, 4) is 0 Å². The van der Waals surface area contributed by atoms with Gasteiger partial charge in [-0.1, -0.05) is 34.6 Å².